The lowest BCUT2D eigenvalue weighted by atomic mass is 10.1. The molecular weight excluding hydrogens is 250 g/mol. The van der Waals surface area contributed by atoms with Crippen LogP contribution in [0.5, 0.6) is 0 Å². The molecule has 1 unspecified atom stereocenters. The molecule has 1 saturated heterocycles. The molecule has 1 aliphatic heterocycles. The predicted octanol–water partition coefficient (Wildman–Crippen LogP) is 1.31. The van der Waals surface area contributed by atoms with Crippen LogP contribution in [0.25, 0.3) is 0 Å². The monoisotopic (exact) mass is 281 g/mol. The first-order valence-corrected chi connectivity index (χ1v) is 8.57. The molecule has 3 aliphatic rings. The van der Waals surface area contributed by atoms with Gasteiger partial charge in [-0.15, -0.1) is 0 Å². The van der Waals surface area contributed by atoms with Crippen molar-refractivity contribution in [1.82, 2.24) is 15.1 Å². The Morgan fingerprint density at radius 2 is 1.75 bits per heavy atom. The highest BCUT2D eigenvalue weighted by atomic mass is 16.5. The molecule has 0 aromatic heterocycles. The van der Waals surface area contributed by atoms with Crippen molar-refractivity contribution in [2.75, 3.05) is 46.4 Å². The average molecular weight is 281 g/mol. The highest BCUT2D eigenvalue weighted by Crippen LogP contribution is 2.24. The van der Waals surface area contributed by atoms with Gasteiger partial charge in [0, 0.05) is 58.0 Å². The number of hydrogen-bond acceptors (Lipinski definition) is 4. The van der Waals surface area contributed by atoms with Crippen molar-refractivity contribution in [2.24, 2.45) is 0 Å². The molecule has 4 nitrogen and oxygen atoms in total. The molecule has 1 heterocycles. The van der Waals surface area contributed by atoms with Crippen LogP contribution in [0.1, 0.15) is 38.5 Å². The Hall–Kier alpha value is -0.160. The molecule has 0 radical (unpaired) electrons. The van der Waals surface area contributed by atoms with E-state index in [0.29, 0.717) is 6.04 Å². The van der Waals surface area contributed by atoms with Gasteiger partial charge >= 0.3 is 0 Å². The number of methoxy groups -OCH3 is 1. The van der Waals surface area contributed by atoms with Gasteiger partial charge in [-0.05, 0) is 25.7 Å². The van der Waals surface area contributed by atoms with Crippen LogP contribution in [0.2, 0.25) is 0 Å². The molecular formula is C16H31N3O. The van der Waals surface area contributed by atoms with Gasteiger partial charge in [0.1, 0.15) is 0 Å². The third kappa shape index (κ3) is 3.94. The minimum atomic E-state index is 0.561. The summed E-state index contributed by atoms with van der Waals surface area (Å²) in [5, 5.41) is 3.67. The number of ether oxygens (including phenoxy) is 1. The summed E-state index contributed by atoms with van der Waals surface area (Å²) in [6, 6.07) is 2.25. The maximum absolute atomic E-state index is 5.44. The third-order valence-electron chi connectivity index (χ3n) is 5.28. The molecule has 1 atom stereocenters. The second-order valence-electron chi connectivity index (χ2n) is 6.80. The predicted molar refractivity (Wildman–Crippen MR) is 82.1 cm³/mol. The van der Waals surface area contributed by atoms with Crippen LogP contribution in [0.15, 0.2) is 0 Å². The fourth-order valence-electron chi connectivity index (χ4n) is 3.81. The molecule has 1 N–H and O–H groups in total. The van der Waals surface area contributed by atoms with Crippen molar-refractivity contribution in [1.29, 1.82) is 0 Å². The molecule has 2 aliphatic carbocycles. The molecule has 0 amide bonds. The number of rotatable bonds is 7. The van der Waals surface area contributed by atoms with Gasteiger partial charge in [-0.25, -0.2) is 0 Å². The van der Waals surface area contributed by atoms with Crippen LogP contribution in [0.3, 0.4) is 0 Å². The van der Waals surface area contributed by atoms with E-state index in [0.717, 1.165) is 25.2 Å². The molecule has 0 bridgehead atoms. The van der Waals surface area contributed by atoms with E-state index in [1.54, 1.807) is 0 Å². The summed E-state index contributed by atoms with van der Waals surface area (Å²) in [4.78, 5) is 5.38. The fourth-order valence-corrected chi connectivity index (χ4v) is 3.81. The van der Waals surface area contributed by atoms with Gasteiger partial charge in [-0.1, -0.05) is 12.8 Å². The van der Waals surface area contributed by atoms with Crippen molar-refractivity contribution in [2.45, 2.75) is 56.7 Å². The van der Waals surface area contributed by atoms with E-state index >= 15 is 0 Å². The summed E-state index contributed by atoms with van der Waals surface area (Å²) >= 11 is 0. The number of nitrogens with one attached hydrogen (secondary N) is 1. The van der Waals surface area contributed by atoms with Crippen molar-refractivity contribution in [3.63, 3.8) is 0 Å². The first-order chi connectivity index (χ1) is 9.86. The topological polar surface area (TPSA) is 27.7 Å². The molecule has 0 aromatic carbocycles. The Bertz CT molecular complexity index is 281. The summed E-state index contributed by atoms with van der Waals surface area (Å²) in [5.74, 6) is 0. The van der Waals surface area contributed by atoms with Gasteiger partial charge in [0.15, 0.2) is 0 Å². The standard InChI is InChI=1S/C16H31N3O/c1-20-13-16(12-17-14-6-7-14)19-10-8-18(9-11-19)15-4-2-3-5-15/h14-17H,2-13H2,1H3. The van der Waals surface area contributed by atoms with E-state index in [2.05, 4.69) is 15.1 Å². The summed E-state index contributed by atoms with van der Waals surface area (Å²) < 4.78 is 5.44. The molecule has 20 heavy (non-hydrogen) atoms. The highest BCUT2D eigenvalue weighted by Gasteiger charge is 2.30. The Balaban J connectivity index is 1.43. The molecule has 0 spiro atoms. The SMILES string of the molecule is COCC(CNC1CC1)N1CCN(C2CCCC2)CC1. The zero-order valence-electron chi connectivity index (χ0n) is 13.0. The highest BCUT2D eigenvalue weighted by molar-refractivity contribution is 4.87. The first kappa shape index (κ1) is 14.8. The van der Waals surface area contributed by atoms with Crippen LogP contribution in [-0.2, 0) is 4.74 Å². The van der Waals surface area contributed by atoms with Crippen LogP contribution in [-0.4, -0.2) is 74.4 Å². The third-order valence-corrected chi connectivity index (χ3v) is 5.28. The van der Waals surface area contributed by atoms with Gasteiger partial charge in [0.25, 0.3) is 0 Å². The molecule has 3 fully saturated rings. The molecule has 4 heteroatoms. The van der Waals surface area contributed by atoms with E-state index in [-0.39, 0.29) is 0 Å². The molecule has 0 aromatic rings. The van der Waals surface area contributed by atoms with Crippen molar-refractivity contribution in [3.05, 3.63) is 0 Å². The van der Waals surface area contributed by atoms with Gasteiger partial charge in [0.2, 0.25) is 0 Å². The van der Waals surface area contributed by atoms with Crippen LogP contribution < -0.4 is 5.32 Å². The first-order valence-electron chi connectivity index (χ1n) is 8.57. The Morgan fingerprint density at radius 1 is 1.05 bits per heavy atom. The van der Waals surface area contributed by atoms with Crippen molar-refractivity contribution >= 4 is 0 Å². The second kappa shape index (κ2) is 7.21. The lowest BCUT2D eigenvalue weighted by Crippen LogP contribution is -2.56. The maximum Gasteiger partial charge on any atom is 0.0630 e. The van der Waals surface area contributed by atoms with Gasteiger partial charge in [-0.2, -0.15) is 0 Å². The van der Waals surface area contributed by atoms with E-state index in [9.17, 15) is 0 Å². The molecule has 3 rings (SSSR count). The second-order valence-corrected chi connectivity index (χ2v) is 6.80. The summed E-state index contributed by atoms with van der Waals surface area (Å²) in [6.45, 7) is 6.92. The van der Waals surface area contributed by atoms with Crippen LogP contribution in [0.4, 0.5) is 0 Å². The van der Waals surface area contributed by atoms with Crippen LogP contribution in [0, 0.1) is 0 Å². The van der Waals surface area contributed by atoms with E-state index in [4.69, 9.17) is 4.74 Å². The summed E-state index contributed by atoms with van der Waals surface area (Å²) in [5.41, 5.74) is 0. The molecule has 116 valence electrons. The largest absolute Gasteiger partial charge is 0.383 e. The Kier molecular flexibility index (Phi) is 5.32. The van der Waals surface area contributed by atoms with E-state index in [1.165, 1.54) is 64.7 Å². The maximum atomic E-state index is 5.44. The summed E-state index contributed by atoms with van der Waals surface area (Å²) in [7, 11) is 1.83. The normalized spacial score (nSPS) is 28.1. The summed E-state index contributed by atoms with van der Waals surface area (Å²) in [6.07, 6.45) is 8.50. The number of hydrogen-bond donors (Lipinski definition) is 1. The van der Waals surface area contributed by atoms with Gasteiger partial charge in [-0.3, -0.25) is 9.80 Å². The lowest BCUT2D eigenvalue weighted by molar-refractivity contribution is 0.0362. The number of piperazine rings is 1. The quantitative estimate of drug-likeness (QED) is 0.761. The average Bonchev–Trinajstić information content (AvgIpc) is 3.15. The smallest absolute Gasteiger partial charge is 0.0630 e. The van der Waals surface area contributed by atoms with E-state index < -0.39 is 0 Å². The van der Waals surface area contributed by atoms with Crippen molar-refractivity contribution in [3.8, 4) is 0 Å². The van der Waals surface area contributed by atoms with Gasteiger partial charge in [0.05, 0.1) is 6.61 Å². The lowest BCUT2D eigenvalue weighted by Gasteiger charge is -2.41. The number of nitrogens with zero attached hydrogens (tertiary/aromatic N) is 2. The fraction of sp³-hybridized carbons (Fsp3) is 1.00. The minimum Gasteiger partial charge on any atom is -0.383 e. The minimum absolute atomic E-state index is 0.561. The van der Waals surface area contributed by atoms with Gasteiger partial charge < -0.3 is 10.1 Å². The zero-order valence-corrected chi connectivity index (χ0v) is 13.0. The van der Waals surface area contributed by atoms with Crippen LogP contribution >= 0.6 is 0 Å². The zero-order chi connectivity index (χ0) is 13.8. The Morgan fingerprint density at radius 3 is 2.35 bits per heavy atom. The van der Waals surface area contributed by atoms with E-state index in [1.807, 2.05) is 7.11 Å². The Labute approximate surface area is 123 Å². The molecule has 2 saturated carbocycles. The van der Waals surface area contributed by atoms with Crippen molar-refractivity contribution < 1.29 is 4.74 Å².